The van der Waals surface area contributed by atoms with Crippen LogP contribution in [0.4, 0.5) is 5.82 Å². The molecule has 1 aromatic heterocycles. The first-order valence-corrected chi connectivity index (χ1v) is 8.00. The van der Waals surface area contributed by atoms with Crippen molar-refractivity contribution in [2.75, 3.05) is 25.1 Å². The van der Waals surface area contributed by atoms with Crippen LogP contribution >= 0.6 is 0 Å². The zero-order chi connectivity index (χ0) is 15.2. The third-order valence-electron chi connectivity index (χ3n) is 4.04. The number of hydrogen-bond acceptors (Lipinski definition) is 4. The molecule has 1 saturated heterocycles. The minimum Gasteiger partial charge on any atom is -0.376 e. The van der Waals surface area contributed by atoms with E-state index in [1.54, 1.807) is 0 Å². The molecule has 116 valence electrons. The van der Waals surface area contributed by atoms with Gasteiger partial charge >= 0.3 is 0 Å². The maximum Gasteiger partial charge on any atom is 0.135 e. The molecule has 0 saturated carbocycles. The highest BCUT2D eigenvalue weighted by Crippen LogP contribution is 2.17. The first kappa shape index (κ1) is 15.0. The minimum atomic E-state index is 0.325. The molecule has 0 amide bonds. The van der Waals surface area contributed by atoms with Gasteiger partial charge in [0.05, 0.1) is 6.10 Å². The largest absolute Gasteiger partial charge is 0.376 e. The molecule has 1 aliphatic rings. The van der Waals surface area contributed by atoms with Crippen molar-refractivity contribution in [3.63, 3.8) is 0 Å². The van der Waals surface area contributed by atoms with Crippen LogP contribution in [-0.4, -0.2) is 36.3 Å². The van der Waals surface area contributed by atoms with Gasteiger partial charge in [-0.1, -0.05) is 30.3 Å². The molecule has 4 heteroatoms. The van der Waals surface area contributed by atoms with Gasteiger partial charge in [-0.3, -0.25) is 0 Å². The number of likely N-dealkylation sites (N-methyl/N-ethyl adjacent to an activating group) is 1. The highest BCUT2D eigenvalue weighted by molar-refractivity contribution is 5.37. The number of ether oxygens (including phenoxy) is 1. The number of rotatable bonds is 5. The summed E-state index contributed by atoms with van der Waals surface area (Å²) in [4.78, 5) is 11.3. The van der Waals surface area contributed by atoms with Gasteiger partial charge in [0.25, 0.3) is 0 Å². The zero-order valence-electron chi connectivity index (χ0n) is 13.1. The normalized spacial score (nSPS) is 18.1. The van der Waals surface area contributed by atoms with E-state index >= 15 is 0 Å². The Morgan fingerprint density at radius 2 is 2.05 bits per heavy atom. The fourth-order valence-electron chi connectivity index (χ4n) is 2.81. The molecule has 0 aliphatic carbocycles. The van der Waals surface area contributed by atoms with Crippen LogP contribution < -0.4 is 4.90 Å². The van der Waals surface area contributed by atoms with Crippen molar-refractivity contribution in [2.45, 2.75) is 31.8 Å². The second-order valence-electron chi connectivity index (χ2n) is 5.86. The summed E-state index contributed by atoms with van der Waals surface area (Å²) in [6, 6.07) is 12.3. The highest BCUT2D eigenvalue weighted by Gasteiger charge is 2.16. The third kappa shape index (κ3) is 4.04. The number of aromatic nitrogens is 2. The molecule has 0 spiro atoms. The number of nitrogens with zero attached hydrogens (tertiary/aromatic N) is 3. The summed E-state index contributed by atoms with van der Waals surface area (Å²) < 4.78 is 5.81. The first-order valence-electron chi connectivity index (χ1n) is 8.00. The molecule has 1 aliphatic heterocycles. The van der Waals surface area contributed by atoms with Gasteiger partial charge in [-0.15, -0.1) is 0 Å². The van der Waals surface area contributed by atoms with Gasteiger partial charge in [0.15, 0.2) is 0 Å². The van der Waals surface area contributed by atoms with E-state index in [-0.39, 0.29) is 0 Å². The number of benzene rings is 1. The van der Waals surface area contributed by atoms with Gasteiger partial charge in [0.2, 0.25) is 0 Å². The van der Waals surface area contributed by atoms with Gasteiger partial charge < -0.3 is 9.64 Å². The summed E-state index contributed by atoms with van der Waals surface area (Å²) in [5.74, 6) is 1.83. The van der Waals surface area contributed by atoms with E-state index in [1.807, 2.05) is 30.5 Å². The van der Waals surface area contributed by atoms with Crippen molar-refractivity contribution in [3.8, 4) is 0 Å². The van der Waals surface area contributed by atoms with Crippen molar-refractivity contribution < 1.29 is 4.74 Å². The van der Waals surface area contributed by atoms with E-state index in [0.29, 0.717) is 6.10 Å². The predicted octanol–water partition coefficient (Wildman–Crippen LogP) is 3.07. The fraction of sp³-hybridized carbons (Fsp3) is 0.444. The summed E-state index contributed by atoms with van der Waals surface area (Å²) in [6.07, 6.45) is 6.54. The predicted molar refractivity (Wildman–Crippen MR) is 88.1 cm³/mol. The van der Waals surface area contributed by atoms with Crippen molar-refractivity contribution >= 4 is 5.82 Å². The Morgan fingerprint density at radius 3 is 2.82 bits per heavy atom. The van der Waals surface area contributed by atoms with E-state index in [9.17, 15) is 0 Å². The Kier molecular flexibility index (Phi) is 5.01. The monoisotopic (exact) mass is 297 g/mol. The Labute approximate surface area is 132 Å². The van der Waals surface area contributed by atoms with Crippen LogP contribution in [0.25, 0.3) is 0 Å². The average molecular weight is 297 g/mol. The number of anilines is 1. The van der Waals surface area contributed by atoms with E-state index in [4.69, 9.17) is 9.72 Å². The summed E-state index contributed by atoms with van der Waals surface area (Å²) in [5.41, 5.74) is 1.23. The van der Waals surface area contributed by atoms with E-state index < -0.39 is 0 Å². The molecular weight excluding hydrogens is 274 g/mol. The van der Waals surface area contributed by atoms with Crippen molar-refractivity contribution in [1.82, 2.24) is 9.97 Å². The smallest absolute Gasteiger partial charge is 0.135 e. The van der Waals surface area contributed by atoms with E-state index in [1.165, 1.54) is 18.4 Å². The molecule has 0 N–H and O–H groups in total. The molecule has 1 aromatic carbocycles. The molecule has 1 atom stereocenters. The van der Waals surface area contributed by atoms with Crippen LogP contribution in [0.5, 0.6) is 0 Å². The Morgan fingerprint density at radius 1 is 1.18 bits per heavy atom. The van der Waals surface area contributed by atoms with Crippen molar-refractivity contribution in [1.29, 1.82) is 0 Å². The summed E-state index contributed by atoms with van der Waals surface area (Å²) in [7, 11) is 2.08. The first-order chi connectivity index (χ1) is 10.8. The summed E-state index contributed by atoms with van der Waals surface area (Å²) in [5, 5.41) is 0. The van der Waals surface area contributed by atoms with Gasteiger partial charge in [-0.05, 0) is 30.9 Å². The van der Waals surface area contributed by atoms with Gasteiger partial charge in [0.1, 0.15) is 11.6 Å². The van der Waals surface area contributed by atoms with Crippen LogP contribution in [0.2, 0.25) is 0 Å². The molecule has 3 rings (SSSR count). The quantitative estimate of drug-likeness (QED) is 0.850. The maximum atomic E-state index is 5.81. The van der Waals surface area contributed by atoms with E-state index in [2.05, 4.69) is 29.1 Å². The van der Waals surface area contributed by atoms with Crippen LogP contribution in [-0.2, 0) is 11.2 Å². The molecule has 1 fully saturated rings. The number of hydrogen-bond donors (Lipinski definition) is 0. The Bertz CT molecular complexity index is 582. The average Bonchev–Trinajstić information content (AvgIpc) is 2.57. The lowest BCUT2D eigenvalue weighted by Crippen LogP contribution is -2.33. The highest BCUT2D eigenvalue weighted by atomic mass is 16.5. The molecule has 0 bridgehead atoms. The van der Waals surface area contributed by atoms with E-state index in [0.717, 1.165) is 37.6 Å². The molecule has 2 heterocycles. The summed E-state index contributed by atoms with van der Waals surface area (Å²) in [6.45, 7) is 1.78. The van der Waals surface area contributed by atoms with Crippen LogP contribution in [0.1, 0.15) is 30.7 Å². The lowest BCUT2D eigenvalue weighted by molar-refractivity contribution is 0.0215. The second kappa shape index (κ2) is 7.36. The van der Waals surface area contributed by atoms with Crippen molar-refractivity contribution in [2.24, 2.45) is 0 Å². The molecular formula is C18H23N3O. The topological polar surface area (TPSA) is 38.2 Å². The zero-order valence-corrected chi connectivity index (χ0v) is 13.1. The van der Waals surface area contributed by atoms with Gasteiger partial charge in [-0.2, -0.15) is 0 Å². The van der Waals surface area contributed by atoms with Crippen molar-refractivity contribution in [3.05, 3.63) is 54.0 Å². The Hall–Kier alpha value is -1.94. The molecule has 2 aromatic rings. The maximum absolute atomic E-state index is 5.81. The SMILES string of the molecule is CN(CC1CCCCO1)c1ccnc(Cc2ccccc2)n1. The second-order valence-corrected chi connectivity index (χ2v) is 5.86. The molecule has 22 heavy (non-hydrogen) atoms. The third-order valence-corrected chi connectivity index (χ3v) is 4.04. The van der Waals surface area contributed by atoms with Gasteiger partial charge in [-0.25, -0.2) is 9.97 Å². The van der Waals surface area contributed by atoms with Crippen LogP contribution in [0.15, 0.2) is 42.6 Å². The standard InChI is InChI=1S/C18H23N3O/c1-21(14-16-9-5-6-12-22-16)18-10-11-19-17(20-18)13-15-7-3-2-4-8-15/h2-4,7-8,10-11,16H,5-6,9,12-14H2,1H3. The molecule has 1 unspecified atom stereocenters. The summed E-state index contributed by atoms with van der Waals surface area (Å²) >= 11 is 0. The van der Waals surface area contributed by atoms with Crippen LogP contribution in [0, 0.1) is 0 Å². The lowest BCUT2D eigenvalue weighted by Gasteiger charge is -2.28. The fourth-order valence-corrected chi connectivity index (χ4v) is 2.81. The molecule has 4 nitrogen and oxygen atoms in total. The minimum absolute atomic E-state index is 0.325. The molecule has 0 radical (unpaired) electrons. The lowest BCUT2D eigenvalue weighted by atomic mass is 10.1. The Balaban J connectivity index is 1.65. The van der Waals surface area contributed by atoms with Crippen LogP contribution in [0.3, 0.4) is 0 Å². The van der Waals surface area contributed by atoms with Gasteiger partial charge in [0, 0.05) is 32.8 Å².